The molecule has 1 amide bonds. The van der Waals surface area contributed by atoms with Crippen LogP contribution in [0.4, 0.5) is 0 Å². The summed E-state index contributed by atoms with van der Waals surface area (Å²) in [5.74, 6) is 0.249. The van der Waals surface area contributed by atoms with Crippen molar-refractivity contribution in [3.05, 3.63) is 82.1 Å². The first-order valence-electron chi connectivity index (χ1n) is 10.9. The second-order valence-electron chi connectivity index (χ2n) is 8.06. The fraction of sp³-hybridized carbons (Fsp3) is 0.360. The van der Waals surface area contributed by atoms with Crippen LogP contribution in [0.2, 0.25) is 5.02 Å². The first kappa shape index (κ1) is 22.9. The van der Waals surface area contributed by atoms with E-state index in [0.717, 1.165) is 53.7 Å². The molecular weight excluding hydrogens is 442 g/mol. The molecule has 32 heavy (non-hydrogen) atoms. The Balaban J connectivity index is 1.46. The van der Waals surface area contributed by atoms with Gasteiger partial charge in [0.2, 0.25) is 5.91 Å². The fourth-order valence-electron chi connectivity index (χ4n) is 3.93. The van der Waals surface area contributed by atoms with Crippen molar-refractivity contribution >= 4 is 29.3 Å². The van der Waals surface area contributed by atoms with Crippen molar-refractivity contribution in [1.29, 1.82) is 0 Å². The minimum absolute atomic E-state index is 0.0409. The summed E-state index contributed by atoms with van der Waals surface area (Å²) in [5.41, 5.74) is 4.14. The average molecular weight is 470 g/mol. The van der Waals surface area contributed by atoms with Crippen LogP contribution in [0.5, 0.6) is 0 Å². The van der Waals surface area contributed by atoms with Crippen molar-refractivity contribution < 1.29 is 9.53 Å². The molecule has 1 aliphatic heterocycles. The lowest BCUT2D eigenvalue weighted by Gasteiger charge is -2.20. The summed E-state index contributed by atoms with van der Waals surface area (Å²) in [4.78, 5) is 17.7. The van der Waals surface area contributed by atoms with Crippen molar-refractivity contribution in [2.75, 3.05) is 12.4 Å². The van der Waals surface area contributed by atoms with E-state index in [4.69, 9.17) is 21.3 Å². The largest absolute Gasteiger partial charge is 0.376 e. The number of carbonyl (C=O) groups excluding carboxylic acids is 1. The van der Waals surface area contributed by atoms with Crippen molar-refractivity contribution in [1.82, 2.24) is 14.9 Å². The third-order valence-corrected chi connectivity index (χ3v) is 7.04. The monoisotopic (exact) mass is 469 g/mol. The zero-order valence-electron chi connectivity index (χ0n) is 18.4. The van der Waals surface area contributed by atoms with Gasteiger partial charge < -0.3 is 14.6 Å². The van der Waals surface area contributed by atoms with Crippen LogP contribution in [0.3, 0.4) is 0 Å². The third kappa shape index (κ3) is 5.55. The second-order valence-corrected chi connectivity index (χ2v) is 9.44. The van der Waals surface area contributed by atoms with E-state index in [-0.39, 0.29) is 18.1 Å². The number of hydrogen-bond acceptors (Lipinski definition) is 4. The maximum atomic E-state index is 13.0. The Bertz CT molecular complexity index is 1050. The van der Waals surface area contributed by atoms with Crippen molar-refractivity contribution in [3.8, 4) is 0 Å². The lowest BCUT2D eigenvalue weighted by molar-refractivity contribution is -0.119. The topological polar surface area (TPSA) is 56.2 Å². The van der Waals surface area contributed by atoms with Gasteiger partial charge in [-0.05, 0) is 49.9 Å². The Morgan fingerprint density at radius 2 is 1.91 bits per heavy atom. The molecule has 0 spiro atoms. The van der Waals surface area contributed by atoms with Gasteiger partial charge in [0.25, 0.3) is 0 Å². The molecule has 0 radical (unpaired) electrons. The summed E-state index contributed by atoms with van der Waals surface area (Å²) in [5, 5.41) is 4.73. The minimum atomic E-state index is -0.239. The number of aryl methyl sites for hydroxylation is 1. The normalized spacial score (nSPS) is 16.8. The van der Waals surface area contributed by atoms with Gasteiger partial charge in [-0.3, -0.25) is 4.79 Å². The average Bonchev–Trinajstić information content (AvgIpc) is 3.41. The van der Waals surface area contributed by atoms with Gasteiger partial charge in [-0.1, -0.05) is 65.8 Å². The number of amides is 1. The first-order valence-corrected chi connectivity index (χ1v) is 12.3. The van der Waals surface area contributed by atoms with E-state index in [2.05, 4.69) is 16.8 Å². The van der Waals surface area contributed by atoms with Crippen molar-refractivity contribution in [2.24, 2.45) is 0 Å². The van der Waals surface area contributed by atoms with Crippen LogP contribution in [0, 0.1) is 13.8 Å². The van der Waals surface area contributed by atoms with Gasteiger partial charge >= 0.3 is 0 Å². The summed E-state index contributed by atoms with van der Waals surface area (Å²) in [6.45, 7) is 5.70. The number of nitrogens with one attached hydrogen (secondary N) is 1. The van der Waals surface area contributed by atoms with Gasteiger partial charge in [-0.2, -0.15) is 0 Å². The molecule has 2 aromatic carbocycles. The van der Waals surface area contributed by atoms with E-state index < -0.39 is 0 Å². The highest BCUT2D eigenvalue weighted by atomic mass is 35.5. The predicted octanol–water partition coefficient (Wildman–Crippen LogP) is 5.33. The number of imidazole rings is 1. The lowest BCUT2D eigenvalue weighted by atomic mass is 9.99. The molecule has 0 aliphatic carbocycles. The van der Waals surface area contributed by atoms with Crippen LogP contribution >= 0.6 is 23.4 Å². The molecule has 168 valence electrons. The number of hydrogen-bond donors (Lipinski definition) is 1. The second kappa shape index (κ2) is 10.6. The summed E-state index contributed by atoms with van der Waals surface area (Å²) >= 11 is 7.54. The smallest absolute Gasteiger partial charge is 0.231 e. The van der Waals surface area contributed by atoms with Crippen molar-refractivity contribution in [3.63, 3.8) is 0 Å². The molecule has 2 atom stereocenters. The Labute approximate surface area is 198 Å². The maximum Gasteiger partial charge on any atom is 0.231 e. The van der Waals surface area contributed by atoms with E-state index in [1.807, 2.05) is 61.5 Å². The summed E-state index contributed by atoms with van der Waals surface area (Å²) in [6, 6.07) is 17.3. The molecule has 0 saturated carbocycles. The molecule has 1 aromatic heterocycles. The van der Waals surface area contributed by atoms with Crippen LogP contribution in [0.25, 0.3) is 0 Å². The van der Waals surface area contributed by atoms with E-state index >= 15 is 0 Å². The number of thioether (sulfide) groups is 1. The van der Waals surface area contributed by atoms with E-state index in [1.54, 1.807) is 0 Å². The quantitative estimate of drug-likeness (QED) is 0.453. The van der Waals surface area contributed by atoms with E-state index in [0.29, 0.717) is 10.8 Å². The van der Waals surface area contributed by atoms with E-state index in [1.165, 1.54) is 11.8 Å². The van der Waals surface area contributed by atoms with Crippen LogP contribution in [0.1, 0.15) is 41.4 Å². The van der Waals surface area contributed by atoms with Gasteiger partial charge in [-0.15, -0.1) is 0 Å². The number of rotatable bonds is 8. The number of aromatic nitrogens is 2. The van der Waals surface area contributed by atoms with Crippen LogP contribution in [-0.2, 0) is 16.1 Å². The zero-order chi connectivity index (χ0) is 22.5. The SMILES string of the molecule is Cc1nc(SCC(=O)N[C@@H](c2ccccc2)c2ccc(Cl)cc2)n(C[C@H]2CCCO2)c1C. The summed E-state index contributed by atoms with van der Waals surface area (Å²) < 4.78 is 8.01. The fourth-order valence-corrected chi connectivity index (χ4v) is 4.97. The highest BCUT2D eigenvalue weighted by molar-refractivity contribution is 7.99. The third-order valence-electron chi connectivity index (χ3n) is 5.81. The predicted molar refractivity (Wildman–Crippen MR) is 129 cm³/mol. The number of benzene rings is 2. The molecule has 2 heterocycles. The Morgan fingerprint density at radius 3 is 2.59 bits per heavy atom. The molecule has 1 N–H and O–H groups in total. The molecule has 1 fully saturated rings. The van der Waals surface area contributed by atoms with Crippen LogP contribution in [-0.4, -0.2) is 33.9 Å². The van der Waals surface area contributed by atoms with Gasteiger partial charge in [0.05, 0.1) is 30.1 Å². The first-order chi connectivity index (χ1) is 15.5. The molecule has 1 aliphatic rings. The standard InChI is InChI=1S/C25H28ClN3O2S/c1-17-18(2)29(15-22-9-6-14-31-22)25(27-17)32-16-23(30)28-24(19-7-4-3-5-8-19)20-10-12-21(26)13-11-20/h3-5,7-8,10-13,22,24H,6,9,14-16H2,1-2H3,(H,28,30)/t22-,24+/m1/s1. The number of carbonyl (C=O) groups is 1. The number of nitrogens with zero attached hydrogens (tertiary/aromatic N) is 2. The molecule has 0 unspecified atom stereocenters. The maximum absolute atomic E-state index is 13.0. The molecule has 3 aromatic rings. The zero-order valence-corrected chi connectivity index (χ0v) is 20.0. The Kier molecular flexibility index (Phi) is 7.55. The van der Waals surface area contributed by atoms with Crippen LogP contribution < -0.4 is 5.32 Å². The van der Waals surface area contributed by atoms with E-state index in [9.17, 15) is 4.79 Å². The highest BCUT2D eigenvalue weighted by Gasteiger charge is 2.22. The van der Waals surface area contributed by atoms with Gasteiger partial charge in [0.15, 0.2) is 5.16 Å². The van der Waals surface area contributed by atoms with Gasteiger partial charge in [0.1, 0.15) is 0 Å². The molecule has 0 bridgehead atoms. The Hall–Kier alpha value is -2.28. The molecule has 5 nitrogen and oxygen atoms in total. The van der Waals surface area contributed by atoms with Gasteiger partial charge in [0, 0.05) is 17.3 Å². The highest BCUT2D eigenvalue weighted by Crippen LogP contribution is 2.26. The molecular formula is C25H28ClN3O2S. The van der Waals surface area contributed by atoms with Gasteiger partial charge in [-0.25, -0.2) is 4.98 Å². The summed E-state index contributed by atoms with van der Waals surface area (Å²) in [6.07, 6.45) is 2.40. The lowest BCUT2D eigenvalue weighted by Crippen LogP contribution is -2.30. The molecule has 7 heteroatoms. The van der Waals surface area contributed by atoms with Crippen LogP contribution in [0.15, 0.2) is 59.8 Å². The number of ether oxygens (including phenoxy) is 1. The Morgan fingerprint density at radius 1 is 1.19 bits per heavy atom. The molecule has 1 saturated heterocycles. The van der Waals surface area contributed by atoms with Crippen molar-refractivity contribution in [2.45, 2.75) is 50.5 Å². The minimum Gasteiger partial charge on any atom is -0.376 e. The molecule has 4 rings (SSSR count). The number of halogens is 1. The summed E-state index contributed by atoms with van der Waals surface area (Å²) in [7, 11) is 0.